The molecule has 3 rings (SSSR count). The molecule has 0 aromatic heterocycles. The Morgan fingerprint density at radius 3 is 2.30 bits per heavy atom. The van der Waals surface area contributed by atoms with E-state index >= 15 is 0 Å². The summed E-state index contributed by atoms with van der Waals surface area (Å²) in [5, 5.41) is 3.00. The molecule has 2 heterocycles. The minimum atomic E-state index is -0.479. The average molecular weight is 375 g/mol. The molecule has 2 aliphatic heterocycles. The molecule has 1 N–H and O–H groups in total. The fraction of sp³-hybridized carbons (Fsp3) is 0.619. The highest BCUT2D eigenvalue weighted by molar-refractivity contribution is 5.80. The van der Waals surface area contributed by atoms with Crippen molar-refractivity contribution in [1.29, 1.82) is 0 Å². The van der Waals surface area contributed by atoms with Crippen LogP contribution < -0.4 is 5.32 Å². The average Bonchev–Trinajstić information content (AvgIpc) is 3.21. The van der Waals surface area contributed by atoms with E-state index in [9.17, 15) is 14.0 Å². The van der Waals surface area contributed by atoms with E-state index in [0.717, 1.165) is 25.9 Å². The maximum Gasteiger partial charge on any atom is 0.319 e. The predicted octanol–water partition coefficient (Wildman–Crippen LogP) is 3.15. The van der Waals surface area contributed by atoms with Gasteiger partial charge in [-0.25, -0.2) is 9.18 Å². The van der Waals surface area contributed by atoms with E-state index in [2.05, 4.69) is 5.32 Å². The Morgan fingerprint density at radius 1 is 1.07 bits per heavy atom. The lowest BCUT2D eigenvalue weighted by molar-refractivity contribution is -0.126. The third kappa shape index (κ3) is 4.60. The van der Waals surface area contributed by atoms with E-state index in [1.54, 1.807) is 12.1 Å². The first-order valence-corrected chi connectivity index (χ1v) is 9.95. The SMILES string of the molecule is CC(C)(CNC(=O)C1CCN(C(=O)N2CCCC2)CC1)c1ccccc1F. The number of amides is 3. The number of carbonyl (C=O) groups is 2. The number of piperidine rings is 1. The summed E-state index contributed by atoms with van der Waals surface area (Å²) in [5.74, 6) is -0.317. The molecule has 3 amide bonds. The van der Waals surface area contributed by atoms with Gasteiger partial charge < -0.3 is 15.1 Å². The lowest BCUT2D eigenvalue weighted by Gasteiger charge is -2.34. The molecule has 1 aromatic rings. The standard InChI is InChI=1S/C21H30FN3O2/c1-21(2,17-7-3-4-8-18(17)22)15-23-19(26)16-9-13-25(14-10-16)20(27)24-11-5-6-12-24/h3-4,7-8,16H,5-6,9-15H2,1-2H3,(H,23,26). The van der Waals surface area contributed by atoms with Gasteiger partial charge in [0, 0.05) is 44.1 Å². The van der Waals surface area contributed by atoms with Gasteiger partial charge in [0.15, 0.2) is 0 Å². The number of urea groups is 1. The molecule has 2 aliphatic rings. The molecular weight excluding hydrogens is 345 g/mol. The monoisotopic (exact) mass is 375 g/mol. The first-order chi connectivity index (χ1) is 12.9. The van der Waals surface area contributed by atoms with Crippen LogP contribution in [0.15, 0.2) is 24.3 Å². The van der Waals surface area contributed by atoms with Crippen LogP contribution in [0.2, 0.25) is 0 Å². The molecule has 6 heteroatoms. The van der Waals surface area contributed by atoms with E-state index < -0.39 is 5.41 Å². The van der Waals surface area contributed by atoms with E-state index in [0.29, 0.717) is 38.0 Å². The van der Waals surface area contributed by atoms with Crippen molar-refractivity contribution < 1.29 is 14.0 Å². The lowest BCUT2D eigenvalue weighted by Crippen LogP contribution is -2.48. The molecule has 0 bridgehead atoms. The molecule has 2 saturated heterocycles. The summed E-state index contributed by atoms with van der Waals surface area (Å²) in [6.07, 6.45) is 3.54. The molecule has 27 heavy (non-hydrogen) atoms. The van der Waals surface area contributed by atoms with Crippen molar-refractivity contribution in [3.8, 4) is 0 Å². The zero-order chi connectivity index (χ0) is 19.4. The van der Waals surface area contributed by atoms with Crippen LogP contribution in [0.1, 0.15) is 45.1 Å². The van der Waals surface area contributed by atoms with Gasteiger partial charge in [-0.3, -0.25) is 4.79 Å². The Balaban J connectivity index is 1.48. The Kier molecular flexibility index (Phi) is 6.02. The Hall–Kier alpha value is -2.11. The van der Waals surface area contributed by atoms with Crippen LogP contribution >= 0.6 is 0 Å². The van der Waals surface area contributed by atoms with Gasteiger partial charge >= 0.3 is 6.03 Å². The summed E-state index contributed by atoms with van der Waals surface area (Å²) < 4.78 is 14.1. The summed E-state index contributed by atoms with van der Waals surface area (Å²) in [7, 11) is 0. The number of hydrogen-bond acceptors (Lipinski definition) is 2. The Bertz CT molecular complexity index is 678. The van der Waals surface area contributed by atoms with Gasteiger partial charge in [-0.2, -0.15) is 0 Å². The molecule has 5 nitrogen and oxygen atoms in total. The van der Waals surface area contributed by atoms with Crippen molar-refractivity contribution in [3.05, 3.63) is 35.6 Å². The van der Waals surface area contributed by atoms with Crippen molar-refractivity contribution in [2.45, 2.75) is 44.9 Å². The van der Waals surface area contributed by atoms with Crippen LogP contribution in [0.3, 0.4) is 0 Å². The fourth-order valence-corrected chi connectivity index (χ4v) is 4.00. The predicted molar refractivity (Wildman–Crippen MR) is 103 cm³/mol. The van der Waals surface area contributed by atoms with Gasteiger partial charge in [-0.1, -0.05) is 32.0 Å². The first-order valence-electron chi connectivity index (χ1n) is 9.95. The van der Waals surface area contributed by atoms with Crippen LogP contribution in [0.4, 0.5) is 9.18 Å². The second kappa shape index (κ2) is 8.28. The largest absolute Gasteiger partial charge is 0.355 e. The fourth-order valence-electron chi connectivity index (χ4n) is 4.00. The van der Waals surface area contributed by atoms with E-state index in [4.69, 9.17) is 0 Å². The summed E-state index contributed by atoms with van der Waals surface area (Å²) in [6, 6.07) is 6.82. The van der Waals surface area contributed by atoms with Gasteiger partial charge in [-0.15, -0.1) is 0 Å². The molecular formula is C21H30FN3O2. The molecule has 2 fully saturated rings. The summed E-state index contributed by atoms with van der Waals surface area (Å²) in [5.41, 5.74) is 0.129. The number of carbonyl (C=O) groups excluding carboxylic acids is 2. The summed E-state index contributed by atoms with van der Waals surface area (Å²) in [4.78, 5) is 28.8. The highest BCUT2D eigenvalue weighted by Crippen LogP contribution is 2.26. The molecule has 0 aliphatic carbocycles. The summed E-state index contributed by atoms with van der Waals surface area (Å²) >= 11 is 0. The van der Waals surface area contributed by atoms with Gasteiger partial charge in [0.1, 0.15) is 5.82 Å². The van der Waals surface area contributed by atoms with Crippen LogP contribution in [0, 0.1) is 11.7 Å². The van der Waals surface area contributed by atoms with E-state index in [1.165, 1.54) is 6.07 Å². The lowest BCUT2D eigenvalue weighted by atomic mass is 9.84. The third-order valence-electron chi connectivity index (χ3n) is 5.82. The molecule has 148 valence electrons. The number of nitrogens with zero attached hydrogens (tertiary/aromatic N) is 2. The zero-order valence-electron chi connectivity index (χ0n) is 16.3. The number of rotatable bonds is 4. The highest BCUT2D eigenvalue weighted by atomic mass is 19.1. The first kappa shape index (κ1) is 19.6. The second-order valence-electron chi connectivity index (χ2n) is 8.32. The molecule has 0 radical (unpaired) electrons. The minimum absolute atomic E-state index is 0.00712. The van der Waals surface area contributed by atoms with Crippen molar-refractivity contribution >= 4 is 11.9 Å². The third-order valence-corrected chi connectivity index (χ3v) is 5.82. The maximum absolute atomic E-state index is 14.1. The number of benzene rings is 1. The van der Waals surface area contributed by atoms with Gasteiger partial charge in [0.05, 0.1) is 0 Å². The van der Waals surface area contributed by atoms with Crippen LogP contribution in [0.25, 0.3) is 0 Å². The minimum Gasteiger partial charge on any atom is -0.355 e. The molecule has 1 aromatic carbocycles. The van der Waals surface area contributed by atoms with Gasteiger partial charge in [0.2, 0.25) is 5.91 Å². The van der Waals surface area contributed by atoms with Crippen molar-refractivity contribution in [1.82, 2.24) is 15.1 Å². The quantitative estimate of drug-likeness (QED) is 0.879. The zero-order valence-corrected chi connectivity index (χ0v) is 16.3. The number of halogens is 1. The molecule has 0 atom stereocenters. The smallest absolute Gasteiger partial charge is 0.319 e. The van der Waals surface area contributed by atoms with Crippen molar-refractivity contribution in [2.75, 3.05) is 32.7 Å². The van der Waals surface area contributed by atoms with E-state index in [-0.39, 0.29) is 23.7 Å². The normalized spacial score (nSPS) is 18.6. The van der Waals surface area contributed by atoms with Crippen LogP contribution in [0.5, 0.6) is 0 Å². The van der Waals surface area contributed by atoms with Gasteiger partial charge in [-0.05, 0) is 37.3 Å². The summed E-state index contributed by atoms with van der Waals surface area (Å²) in [6.45, 7) is 7.22. The highest BCUT2D eigenvalue weighted by Gasteiger charge is 2.31. The van der Waals surface area contributed by atoms with Crippen LogP contribution in [-0.4, -0.2) is 54.5 Å². The topological polar surface area (TPSA) is 52.7 Å². The Labute approximate surface area is 160 Å². The molecule has 0 saturated carbocycles. The molecule has 0 spiro atoms. The van der Waals surface area contributed by atoms with Gasteiger partial charge in [0.25, 0.3) is 0 Å². The Morgan fingerprint density at radius 2 is 1.67 bits per heavy atom. The number of likely N-dealkylation sites (tertiary alicyclic amines) is 2. The van der Waals surface area contributed by atoms with Crippen molar-refractivity contribution in [2.24, 2.45) is 5.92 Å². The number of nitrogens with one attached hydrogen (secondary N) is 1. The van der Waals surface area contributed by atoms with Crippen LogP contribution in [-0.2, 0) is 10.2 Å². The number of hydrogen-bond donors (Lipinski definition) is 1. The maximum atomic E-state index is 14.1. The second-order valence-corrected chi connectivity index (χ2v) is 8.32. The van der Waals surface area contributed by atoms with Crippen molar-refractivity contribution in [3.63, 3.8) is 0 Å². The molecule has 0 unspecified atom stereocenters. The van der Waals surface area contributed by atoms with E-state index in [1.807, 2.05) is 29.7 Å².